The predicted octanol–water partition coefficient (Wildman–Crippen LogP) is 1.79. The van der Waals surface area contributed by atoms with Crippen LogP contribution < -0.4 is 0 Å². The van der Waals surface area contributed by atoms with Crippen LogP contribution in [0.15, 0.2) is 91.0 Å². The molecule has 0 aliphatic carbocycles. The third-order valence-electron chi connectivity index (χ3n) is 5.69. The number of aliphatic hydroxyl groups is 4. The van der Waals surface area contributed by atoms with Crippen molar-refractivity contribution in [3.8, 4) is 0 Å². The molecule has 6 nitrogen and oxygen atoms in total. The smallest absolute Gasteiger partial charge is 0.184 e. The van der Waals surface area contributed by atoms with Crippen LogP contribution in [0, 0.1) is 0 Å². The molecule has 3 aromatic rings. The van der Waals surface area contributed by atoms with Crippen LogP contribution in [-0.4, -0.2) is 57.7 Å². The molecule has 0 spiro atoms. The lowest BCUT2D eigenvalue weighted by molar-refractivity contribution is -0.291. The van der Waals surface area contributed by atoms with Crippen LogP contribution in [0.4, 0.5) is 0 Å². The summed E-state index contributed by atoms with van der Waals surface area (Å²) in [4.78, 5) is 0. The van der Waals surface area contributed by atoms with Crippen LogP contribution in [0.1, 0.15) is 16.7 Å². The highest BCUT2D eigenvalue weighted by Gasteiger charge is 2.45. The Bertz CT molecular complexity index is 853. The maximum Gasteiger partial charge on any atom is 0.184 e. The highest BCUT2D eigenvalue weighted by atomic mass is 16.6. The van der Waals surface area contributed by atoms with E-state index < -0.39 is 36.3 Å². The largest absolute Gasteiger partial charge is 0.387 e. The minimum Gasteiger partial charge on any atom is -0.387 e. The molecule has 1 fully saturated rings. The van der Waals surface area contributed by atoms with E-state index in [4.69, 9.17) is 9.47 Å². The van der Waals surface area contributed by atoms with E-state index >= 15 is 0 Å². The molecule has 0 amide bonds. The van der Waals surface area contributed by atoms with Crippen molar-refractivity contribution in [1.29, 1.82) is 0 Å². The lowest BCUT2D eigenvalue weighted by Gasteiger charge is -2.41. The Balaban J connectivity index is 1.78. The van der Waals surface area contributed by atoms with Crippen molar-refractivity contribution >= 4 is 0 Å². The summed E-state index contributed by atoms with van der Waals surface area (Å²) >= 11 is 0. The van der Waals surface area contributed by atoms with Crippen molar-refractivity contribution in [3.63, 3.8) is 0 Å². The highest BCUT2D eigenvalue weighted by molar-refractivity contribution is 5.47. The standard InChI is InChI=1S/C25H26O6/c26-21-20(31-24(29)23(28)22(21)27)16-30-25(17-10-4-1-5-11-17,18-12-6-2-7-13-18)19-14-8-3-9-15-19/h1-15,20-24,26-29H,16H2/t20-,21+,22-,23+,24+/m0/s1. The van der Waals surface area contributed by atoms with E-state index in [2.05, 4.69) is 0 Å². The zero-order chi connectivity index (χ0) is 21.8. The average molecular weight is 422 g/mol. The molecule has 1 aliphatic heterocycles. The molecule has 1 saturated heterocycles. The molecule has 0 unspecified atom stereocenters. The molecule has 4 N–H and O–H groups in total. The van der Waals surface area contributed by atoms with Gasteiger partial charge in [0.25, 0.3) is 0 Å². The average Bonchev–Trinajstić information content (AvgIpc) is 2.83. The number of benzene rings is 3. The van der Waals surface area contributed by atoms with Crippen LogP contribution in [0.25, 0.3) is 0 Å². The molecule has 1 heterocycles. The van der Waals surface area contributed by atoms with Gasteiger partial charge in [-0.15, -0.1) is 0 Å². The molecule has 162 valence electrons. The van der Waals surface area contributed by atoms with Gasteiger partial charge in [-0.25, -0.2) is 0 Å². The van der Waals surface area contributed by atoms with Gasteiger partial charge in [-0.3, -0.25) is 0 Å². The Morgan fingerprint density at radius 3 is 1.45 bits per heavy atom. The second-order valence-electron chi connectivity index (χ2n) is 7.63. The van der Waals surface area contributed by atoms with E-state index in [1.54, 1.807) is 0 Å². The molecule has 5 atom stereocenters. The van der Waals surface area contributed by atoms with Gasteiger partial charge in [-0.05, 0) is 16.7 Å². The lowest BCUT2D eigenvalue weighted by Crippen LogP contribution is -2.59. The van der Waals surface area contributed by atoms with Crippen LogP contribution in [-0.2, 0) is 15.1 Å². The molecule has 1 aliphatic rings. The highest BCUT2D eigenvalue weighted by Crippen LogP contribution is 2.41. The van der Waals surface area contributed by atoms with Gasteiger partial charge in [0.15, 0.2) is 6.29 Å². The van der Waals surface area contributed by atoms with Crippen molar-refractivity contribution in [2.45, 2.75) is 36.3 Å². The van der Waals surface area contributed by atoms with E-state index in [9.17, 15) is 20.4 Å². The van der Waals surface area contributed by atoms with E-state index in [0.29, 0.717) is 0 Å². The van der Waals surface area contributed by atoms with E-state index in [0.717, 1.165) is 16.7 Å². The van der Waals surface area contributed by atoms with Crippen molar-refractivity contribution in [2.75, 3.05) is 6.61 Å². The number of ether oxygens (including phenoxy) is 2. The third kappa shape index (κ3) is 4.14. The van der Waals surface area contributed by atoms with Gasteiger partial charge in [0.05, 0.1) is 6.61 Å². The summed E-state index contributed by atoms with van der Waals surface area (Å²) in [7, 11) is 0. The Labute approximate surface area is 180 Å². The summed E-state index contributed by atoms with van der Waals surface area (Å²) in [5, 5.41) is 40.2. The molecule has 3 aromatic carbocycles. The first-order valence-electron chi connectivity index (χ1n) is 10.2. The van der Waals surface area contributed by atoms with Gasteiger partial charge in [0.1, 0.15) is 30.0 Å². The van der Waals surface area contributed by atoms with Crippen LogP contribution in [0.5, 0.6) is 0 Å². The summed E-state index contributed by atoms with van der Waals surface area (Å²) in [6.45, 7) is -0.138. The maximum absolute atomic E-state index is 10.4. The number of rotatable bonds is 6. The normalized spacial score (nSPS) is 26.5. The Morgan fingerprint density at radius 2 is 1.03 bits per heavy atom. The third-order valence-corrected chi connectivity index (χ3v) is 5.69. The molecule has 0 aromatic heterocycles. The van der Waals surface area contributed by atoms with Crippen molar-refractivity contribution in [1.82, 2.24) is 0 Å². The van der Waals surface area contributed by atoms with Gasteiger partial charge >= 0.3 is 0 Å². The molecular formula is C25H26O6. The first-order valence-corrected chi connectivity index (χ1v) is 10.2. The number of aliphatic hydroxyl groups excluding tert-OH is 4. The van der Waals surface area contributed by atoms with Crippen molar-refractivity contribution in [3.05, 3.63) is 108 Å². The van der Waals surface area contributed by atoms with Gasteiger partial charge < -0.3 is 29.9 Å². The number of hydrogen-bond acceptors (Lipinski definition) is 6. The molecule has 0 bridgehead atoms. The fourth-order valence-electron chi connectivity index (χ4n) is 4.04. The van der Waals surface area contributed by atoms with Gasteiger partial charge in [0, 0.05) is 0 Å². The minimum atomic E-state index is -1.62. The van der Waals surface area contributed by atoms with Gasteiger partial charge in [-0.2, -0.15) is 0 Å². The summed E-state index contributed by atoms with van der Waals surface area (Å²) in [6, 6.07) is 29.1. The van der Waals surface area contributed by atoms with Crippen molar-refractivity contribution < 1.29 is 29.9 Å². The zero-order valence-corrected chi connectivity index (χ0v) is 16.9. The minimum absolute atomic E-state index is 0.138. The fourth-order valence-corrected chi connectivity index (χ4v) is 4.04. The molecule has 31 heavy (non-hydrogen) atoms. The second kappa shape index (κ2) is 9.28. The van der Waals surface area contributed by atoms with Gasteiger partial charge in [0.2, 0.25) is 0 Å². The zero-order valence-electron chi connectivity index (χ0n) is 16.9. The first-order chi connectivity index (χ1) is 15.0. The first kappa shape index (κ1) is 21.6. The van der Waals surface area contributed by atoms with E-state index in [1.165, 1.54) is 0 Å². The monoisotopic (exact) mass is 422 g/mol. The predicted molar refractivity (Wildman–Crippen MR) is 114 cm³/mol. The summed E-state index contributed by atoms with van der Waals surface area (Å²) in [6.07, 6.45) is -7.21. The van der Waals surface area contributed by atoms with E-state index in [1.807, 2.05) is 91.0 Å². The molecule has 0 saturated carbocycles. The van der Waals surface area contributed by atoms with Crippen LogP contribution >= 0.6 is 0 Å². The lowest BCUT2D eigenvalue weighted by atomic mass is 9.80. The summed E-state index contributed by atoms with van der Waals surface area (Å²) in [5.74, 6) is 0. The summed E-state index contributed by atoms with van der Waals surface area (Å²) in [5.41, 5.74) is 1.59. The van der Waals surface area contributed by atoms with Crippen LogP contribution in [0.2, 0.25) is 0 Å². The van der Waals surface area contributed by atoms with Crippen LogP contribution in [0.3, 0.4) is 0 Å². The maximum atomic E-state index is 10.4. The fraction of sp³-hybridized carbons (Fsp3) is 0.280. The second-order valence-corrected chi connectivity index (χ2v) is 7.63. The topological polar surface area (TPSA) is 99.4 Å². The number of hydrogen-bond donors (Lipinski definition) is 4. The Hall–Kier alpha value is -2.58. The van der Waals surface area contributed by atoms with Crippen molar-refractivity contribution in [2.24, 2.45) is 0 Å². The molecular weight excluding hydrogens is 396 g/mol. The van der Waals surface area contributed by atoms with E-state index in [-0.39, 0.29) is 6.61 Å². The van der Waals surface area contributed by atoms with Gasteiger partial charge in [-0.1, -0.05) is 91.0 Å². The SMILES string of the molecule is O[C@@H]1[C@@H](O)[C@H](O)O[C@@H](COC(c2ccccc2)(c2ccccc2)c2ccccc2)[C@H]1O. The molecule has 4 rings (SSSR count). The Morgan fingerprint density at radius 1 is 0.613 bits per heavy atom. The molecule has 6 heteroatoms. The Kier molecular flexibility index (Phi) is 6.48. The summed E-state index contributed by atoms with van der Waals surface area (Å²) < 4.78 is 11.9. The quantitative estimate of drug-likeness (QED) is 0.452. The molecule has 0 radical (unpaired) electrons.